The van der Waals surface area contributed by atoms with E-state index in [0.717, 1.165) is 25.5 Å². The van der Waals surface area contributed by atoms with Crippen LogP contribution >= 0.6 is 24.0 Å². The van der Waals surface area contributed by atoms with Crippen LogP contribution in [0, 0.1) is 0 Å². The van der Waals surface area contributed by atoms with Crippen molar-refractivity contribution >= 4 is 41.9 Å². The van der Waals surface area contributed by atoms with Crippen LogP contribution in [0.2, 0.25) is 0 Å². The summed E-state index contributed by atoms with van der Waals surface area (Å²) in [5.74, 6) is 1.28. The number of aliphatic imine (C=N–C) groups is 1. The summed E-state index contributed by atoms with van der Waals surface area (Å²) >= 11 is 0. The molecule has 0 spiro atoms. The number of carbonyl (C=O) groups excluding carboxylic acids is 2. The quantitative estimate of drug-likeness (QED) is 0.202. The number of imide groups is 1. The normalized spacial score (nSPS) is 24.5. The fraction of sp³-hybridized carbons (Fsp3) is 0.571. The highest BCUT2D eigenvalue weighted by atomic mass is 127. The van der Waals surface area contributed by atoms with Gasteiger partial charge in [0.25, 0.3) is 5.91 Å². The molecule has 160 valence electrons. The van der Waals surface area contributed by atoms with Gasteiger partial charge >= 0.3 is 6.03 Å². The van der Waals surface area contributed by atoms with Gasteiger partial charge in [-0.15, -0.1) is 24.0 Å². The number of guanidine groups is 1. The van der Waals surface area contributed by atoms with E-state index >= 15 is 0 Å². The Bertz CT molecular complexity index is 742. The summed E-state index contributed by atoms with van der Waals surface area (Å²) in [7, 11) is 1.79. The van der Waals surface area contributed by atoms with Crippen molar-refractivity contribution in [2.75, 3.05) is 33.2 Å². The zero-order chi connectivity index (χ0) is 20.1. The van der Waals surface area contributed by atoms with Crippen molar-refractivity contribution < 1.29 is 9.59 Å². The van der Waals surface area contributed by atoms with Crippen molar-refractivity contribution in [3.8, 4) is 0 Å². The molecule has 2 N–H and O–H groups in total. The van der Waals surface area contributed by atoms with Crippen LogP contribution in [-0.4, -0.2) is 66.5 Å². The number of hydrogen-bond acceptors (Lipinski definition) is 3. The fourth-order valence-corrected chi connectivity index (χ4v) is 3.91. The van der Waals surface area contributed by atoms with Gasteiger partial charge in [0.05, 0.1) is 0 Å². The molecule has 1 aromatic rings. The third-order valence-electron chi connectivity index (χ3n) is 5.86. The summed E-state index contributed by atoms with van der Waals surface area (Å²) in [5, 5.41) is 6.17. The molecule has 2 saturated heterocycles. The molecule has 0 aromatic heterocycles. The van der Waals surface area contributed by atoms with Gasteiger partial charge in [0.2, 0.25) is 0 Å². The topological polar surface area (TPSA) is 77.0 Å². The van der Waals surface area contributed by atoms with Gasteiger partial charge in [-0.25, -0.2) is 4.79 Å². The van der Waals surface area contributed by atoms with Crippen molar-refractivity contribution in [2.24, 2.45) is 4.99 Å². The molecular formula is C21H32IN5O2. The van der Waals surface area contributed by atoms with E-state index < -0.39 is 5.54 Å². The SMILES string of the molecule is CCC1(C)NC(=O)N(CCCNC(=NC)N2CCC(c3ccccc3)C2)C1=O.I. The summed E-state index contributed by atoms with van der Waals surface area (Å²) in [6, 6.07) is 10.3. The van der Waals surface area contributed by atoms with Crippen molar-refractivity contribution in [2.45, 2.75) is 44.6 Å². The van der Waals surface area contributed by atoms with Gasteiger partial charge < -0.3 is 15.5 Å². The Kier molecular flexibility index (Phi) is 8.30. The van der Waals surface area contributed by atoms with E-state index in [1.54, 1.807) is 14.0 Å². The van der Waals surface area contributed by atoms with Crippen LogP contribution in [0.1, 0.15) is 44.6 Å². The number of carbonyl (C=O) groups is 2. The van der Waals surface area contributed by atoms with Gasteiger partial charge in [-0.3, -0.25) is 14.7 Å². The molecule has 1 aromatic carbocycles. The van der Waals surface area contributed by atoms with Crippen molar-refractivity contribution in [3.05, 3.63) is 35.9 Å². The zero-order valence-corrected chi connectivity index (χ0v) is 19.8. The molecule has 3 amide bonds. The second kappa shape index (κ2) is 10.3. The highest BCUT2D eigenvalue weighted by Gasteiger charge is 2.45. The van der Waals surface area contributed by atoms with Gasteiger partial charge in [0, 0.05) is 39.1 Å². The predicted molar refractivity (Wildman–Crippen MR) is 126 cm³/mol. The van der Waals surface area contributed by atoms with E-state index in [1.807, 2.05) is 13.0 Å². The largest absolute Gasteiger partial charge is 0.356 e. The minimum absolute atomic E-state index is 0. The maximum absolute atomic E-state index is 12.4. The van der Waals surface area contributed by atoms with E-state index in [0.29, 0.717) is 31.8 Å². The molecule has 29 heavy (non-hydrogen) atoms. The summed E-state index contributed by atoms with van der Waals surface area (Å²) in [4.78, 5) is 32.5. The Balaban J connectivity index is 0.00000300. The third kappa shape index (κ3) is 5.21. The van der Waals surface area contributed by atoms with Gasteiger partial charge in [0.1, 0.15) is 5.54 Å². The van der Waals surface area contributed by atoms with Crippen molar-refractivity contribution in [1.29, 1.82) is 0 Å². The highest BCUT2D eigenvalue weighted by molar-refractivity contribution is 14.0. The number of benzene rings is 1. The van der Waals surface area contributed by atoms with E-state index in [1.165, 1.54) is 10.5 Å². The van der Waals surface area contributed by atoms with Gasteiger partial charge in [-0.2, -0.15) is 0 Å². The zero-order valence-electron chi connectivity index (χ0n) is 17.5. The van der Waals surface area contributed by atoms with Crippen LogP contribution in [0.3, 0.4) is 0 Å². The minimum atomic E-state index is -0.761. The van der Waals surface area contributed by atoms with Crippen molar-refractivity contribution in [1.82, 2.24) is 20.4 Å². The first kappa shape index (κ1) is 23.4. The molecule has 0 saturated carbocycles. The van der Waals surface area contributed by atoms with Crippen LogP contribution in [0.4, 0.5) is 4.79 Å². The average Bonchev–Trinajstić information content (AvgIpc) is 3.28. The summed E-state index contributed by atoms with van der Waals surface area (Å²) in [6.45, 7) is 6.69. The molecule has 0 aliphatic carbocycles. The van der Waals surface area contributed by atoms with E-state index in [9.17, 15) is 9.59 Å². The lowest BCUT2D eigenvalue weighted by atomic mass is 9.99. The first-order valence-electron chi connectivity index (χ1n) is 10.1. The molecular weight excluding hydrogens is 481 g/mol. The molecule has 7 nitrogen and oxygen atoms in total. The number of nitrogens with zero attached hydrogens (tertiary/aromatic N) is 3. The number of amides is 3. The van der Waals surface area contributed by atoms with E-state index in [-0.39, 0.29) is 35.9 Å². The van der Waals surface area contributed by atoms with Crippen LogP contribution in [0.15, 0.2) is 35.3 Å². The smallest absolute Gasteiger partial charge is 0.325 e. The average molecular weight is 513 g/mol. The highest BCUT2D eigenvalue weighted by Crippen LogP contribution is 2.26. The molecule has 8 heteroatoms. The van der Waals surface area contributed by atoms with Crippen LogP contribution < -0.4 is 10.6 Å². The van der Waals surface area contributed by atoms with Gasteiger partial charge in [-0.05, 0) is 31.7 Å². The fourth-order valence-electron chi connectivity index (χ4n) is 3.91. The van der Waals surface area contributed by atoms with Crippen molar-refractivity contribution in [3.63, 3.8) is 0 Å². The molecule has 2 aliphatic heterocycles. The van der Waals surface area contributed by atoms with E-state index in [4.69, 9.17) is 0 Å². The Morgan fingerprint density at radius 1 is 1.31 bits per heavy atom. The third-order valence-corrected chi connectivity index (χ3v) is 5.86. The molecule has 0 bridgehead atoms. The Morgan fingerprint density at radius 3 is 2.66 bits per heavy atom. The number of halogens is 1. The summed E-state index contributed by atoms with van der Waals surface area (Å²) < 4.78 is 0. The standard InChI is InChI=1S/C21H31N5O2.HI/c1-4-21(2)18(27)26(20(28)24-21)13-8-12-23-19(22-3)25-14-11-17(15-25)16-9-6-5-7-10-16;/h5-7,9-10,17H,4,8,11-15H2,1-3H3,(H,22,23)(H,24,28);1H. The predicted octanol–water partition coefficient (Wildman–Crippen LogP) is 2.78. The first-order valence-corrected chi connectivity index (χ1v) is 10.1. The number of hydrogen-bond donors (Lipinski definition) is 2. The van der Waals surface area contributed by atoms with Gasteiger partial charge in [-0.1, -0.05) is 37.3 Å². The molecule has 2 fully saturated rings. The maximum atomic E-state index is 12.4. The Morgan fingerprint density at radius 2 is 2.03 bits per heavy atom. The summed E-state index contributed by atoms with van der Waals surface area (Å²) in [5.41, 5.74) is 0.612. The molecule has 2 aliphatic rings. The maximum Gasteiger partial charge on any atom is 0.325 e. The molecule has 0 radical (unpaired) electrons. The lowest BCUT2D eigenvalue weighted by Crippen LogP contribution is -2.43. The summed E-state index contributed by atoms with van der Waals surface area (Å²) in [6.07, 6.45) is 2.40. The van der Waals surface area contributed by atoms with Crippen LogP contribution in [0.25, 0.3) is 0 Å². The lowest BCUT2D eigenvalue weighted by Gasteiger charge is -2.22. The number of rotatable bonds is 6. The molecule has 3 rings (SSSR count). The molecule has 2 heterocycles. The van der Waals surface area contributed by atoms with E-state index in [2.05, 4.69) is 44.8 Å². The second-order valence-electron chi connectivity index (χ2n) is 7.74. The molecule has 2 atom stereocenters. The monoisotopic (exact) mass is 513 g/mol. The number of urea groups is 1. The van der Waals surface area contributed by atoms with Crippen LogP contribution in [-0.2, 0) is 4.79 Å². The number of likely N-dealkylation sites (tertiary alicyclic amines) is 1. The Labute approximate surface area is 190 Å². The molecule has 2 unspecified atom stereocenters. The second-order valence-corrected chi connectivity index (χ2v) is 7.74. The Hall–Kier alpha value is -1.84. The van der Waals surface area contributed by atoms with Crippen LogP contribution in [0.5, 0.6) is 0 Å². The minimum Gasteiger partial charge on any atom is -0.356 e. The number of nitrogens with one attached hydrogen (secondary N) is 2. The first-order chi connectivity index (χ1) is 13.5. The lowest BCUT2D eigenvalue weighted by molar-refractivity contribution is -0.130. The van der Waals surface area contributed by atoms with Gasteiger partial charge in [0.15, 0.2) is 5.96 Å².